The van der Waals surface area contributed by atoms with Crippen molar-refractivity contribution in [2.24, 2.45) is 0 Å². The summed E-state index contributed by atoms with van der Waals surface area (Å²) in [5.41, 5.74) is 0.426. The van der Waals surface area contributed by atoms with Gasteiger partial charge in [-0.15, -0.1) is 11.6 Å². The average Bonchev–Trinajstić information content (AvgIpc) is 2.48. The quantitative estimate of drug-likeness (QED) is 0.582. The highest BCUT2D eigenvalue weighted by Crippen LogP contribution is 2.08. The fraction of sp³-hybridized carbons (Fsp3) is 0.529. The van der Waals surface area contributed by atoms with Gasteiger partial charge in [0.05, 0.1) is 18.5 Å². The van der Waals surface area contributed by atoms with Gasteiger partial charge >= 0.3 is 6.09 Å². The van der Waals surface area contributed by atoms with Gasteiger partial charge in [-0.2, -0.15) is 0 Å². The Labute approximate surface area is 142 Å². The molecule has 0 aliphatic carbocycles. The minimum absolute atomic E-state index is 0.168. The summed E-state index contributed by atoms with van der Waals surface area (Å²) in [6, 6.07) is 9.01. The first-order chi connectivity index (χ1) is 10.8. The van der Waals surface area contributed by atoms with Crippen molar-refractivity contribution >= 4 is 23.5 Å². The second-order valence-electron chi connectivity index (χ2n) is 6.13. The topological polar surface area (TPSA) is 64.6 Å². The van der Waals surface area contributed by atoms with Crippen molar-refractivity contribution < 1.29 is 19.1 Å². The second kappa shape index (κ2) is 9.53. The van der Waals surface area contributed by atoms with Gasteiger partial charge in [-0.25, -0.2) is 4.79 Å². The Morgan fingerprint density at radius 2 is 1.87 bits per heavy atom. The number of benzene rings is 1. The lowest BCUT2D eigenvalue weighted by atomic mass is 10.1. The van der Waals surface area contributed by atoms with Crippen LogP contribution in [0.2, 0.25) is 0 Å². The summed E-state index contributed by atoms with van der Waals surface area (Å²) in [4.78, 5) is 23.6. The molecular formula is C17H24ClNO4. The molecule has 0 fully saturated rings. The maximum Gasteiger partial charge on any atom is 0.408 e. The van der Waals surface area contributed by atoms with E-state index in [1.165, 1.54) is 0 Å². The van der Waals surface area contributed by atoms with Crippen LogP contribution in [0.3, 0.4) is 0 Å². The molecule has 0 heterocycles. The number of rotatable bonds is 8. The number of alkyl halides is 1. The van der Waals surface area contributed by atoms with E-state index in [0.29, 0.717) is 19.6 Å². The zero-order valence-corrected chi connectivity index (χ0v) is 14.6. The van der Waals surface area contributed by atoms with Gasteiger partial charge in [-0.1, -0.05) is 30.3 Å². The highest BCUT2D eigenvalue weighted by Gasteiger charge is 2.23. The Hall–Kier alpha value is -1.59. The zero-order chi connectivity index (χ0) is 17.3. The average molecular weight is 342 g/mol. The van der Waals surface area contributed by atoms with E-state index in [0.717, 1.165) is 5.56 Å². The fourth-order valence-electron chi connectivity index (χ4n) is 1.82. The van der Waals surface area contributed by atoms with Crippen LogP contribution in [0, 0.1) is 0 Å². The summed E-state index contributed by atoms with van der Waals surface area (Å²) in [5, 5.41) is 2.55. The Balaban J connectivity index is 2.42. The van der Waals surface area contributed by atoms with Crippen LogP contribution in [0.5, 0.6) is 0 Å². The van der Waals surface area contributed by atoms with Crippen LogP contribution >= 0.6 is 11.6 Å². The molecule has 1 amide bonds. The van der Waals surface area contributed by atoms with Crippen LogP contribution in [-0.4, -0.2) is 36.0 Å². The van der Waals surface area contributed by atoms with E-state index in [4.69, 9.17) is 21.1 Å². The van der Waals surface area contributed by atoms with Gasteiger partial charge in [0.2, 0.25) is 0 Å². The third-order valence-electron chi connectivity index (χ3n) is 2.87. The smallest absolute Gasteiger partial charge is 0.408 e. The molecule has 128 valence electrons. The molecule has 0 aliphatic heterocycles. The molecule has 0 aromatic heterocycles. The molecule has 6 heteroatoms. The summed E-state index contributed by atoms with van der Waals surface area (Å²) < 4.78 is 10.7. The number of hydrogen-bond acceptors (Lipinski definition) is 4. The SMILES string of the molecule is CC(C)(C)OC(=O)N[C@@H](CCOCc1ccccc1)C(=O)CCl. The maximum absolute atomic E-state index is 11.8. The van der Waals surface area contributed by atoms with Crippen molar-refractivity contribution in [3.63, 3.8) is 0 Å². The Morgan fingerprint density at radius 3 is 2.43 bits per heavy atom. The number of alkyl carbamates (subject to hydrolysis) is 1. The number of halogens is 1. The van der Waals surface area contributed by atoms with E-state index in [-0.39, 0.29) is 11.7 Å². The van der Waals surface area contributed by atoms with Crippen molar-refractivity contribution in [2.45, 2.75) is 45.4 Å². The minimum Gasteiger partial charge on any atom is -0.444 e. The number of ether oxygens (including phenoxy) is 2. The van der Waals surface area contributed by atoms with E-state index in [9.17, 15) is 9.59 Å². The normalized spacial score (nSPS) is 12.5. The lowest BCUT2D eigenvalue weighted by Crippen LogP contribution is -2.44. The molecule has 1 rings (SSSR count). The van der Waals surface area contributed by atoms with Crippen molar-refractivity contribution in [2.75, 3.05) is 12.5 Å². The van der Waals surface area contributed by atoms with E-state index in [1.54, 1.807) is 20.8 Å². The van der Waals surface area contributed by atoms with Gasteiger partial charge in [0.1, 0.15) is 5.60 Å². The molecule has 0 unspecified atom stereocenters. The molecule has 5 nitrogen and oxygen atoms in total. The minimum atomic E-state index is -0.710. The Kier molecular flexibility index (Phi) is 8.06. The van der Waals surface area contributed by atoms with Crippen molar-refractivity contribution in [1.29, 1.82) is 0 Å². The largest absolute Gasteiger partial charge is 0.444 e. The summed E-state index contributed by atoms with van der Waals surface area (Å²) in [7, 11) is 0. The van der Waals surface area contributed by atoms with Crippen molar-refractivity contribution in [3.05, 3.63) is 35.9 Å². The lowest BCUT2D eigenvalue weighted by Gasteiger charge is -2.22. The molecule has 0 saturated heterocycles. The molecule has 1 atom stereocenters. The maximum atomic E-state index is 11.8. The predicted molar refractivity (Wildman–Crippen MR) is 89.6 cm³/mol. The summed E-state index contributed by atoms with van der Waals surface area (Å²) in [5.74, 6) is -0.431. The first kappa shape index (κ1) is 19.5. The predicted octanol–water partition coefficient (Wildman–Crippen LogP) is 3.29. The second-order valence-corrected chi connectivity index (χ2v) is 6.39. The number of Topliss-reactive ketones (excluding diaryl/α,β-unsaturated/α-hetero) is 1. The van der Waals surface area contributed by atoms with Gasteiger partial charge < -0.3 is 14.8 Å². The summed E-state index contributed by atoms with van der Waals surface area (Å²) in [6.45, 7) is 6.06. The summed E-state index contributed by atoms with van der Waals surface area (Å²) in [6.07, 6.45) is -0.290. The zero-order valence-electron chi connectivity index (χ0n) is 13.8. The molecule has 0 bridgehead atoms. The van der Waals surface area contributed by atoms with Gasteiger partial charge in [0.15, 0.2) is 5.78 Å². The Bertz CT molecular complexity index is 499. The molecule has 1 aromatic rings. The molecular weight excluding hydrogens is 318 g/mol. The molecule has 1 N–H and O–H groups in total. The molecule has 0 saturated carbocycles. The van der Waals surface area contributed by atoms with Crippen LogP contribution in [0.4, 0.5) is 4.79 Å². The third kappa shape index (κ3) is 8.57. The molecule has 1 aromatic carbocycles. The van der Waals surface area contributed by atoms with E-state index >= 15 is 0 Å². The summed E-state index contributed by atoms with van der Waals surface area (Å²) >= 11 is 5.59. The number of nitrogens with one attached hydrogen (secondary N) is 1. The van der Waals surface area contributed by atoms with Gasteiger partial charge in [0, 0.05) is 6.61 Å². The van der Waals surface area contributed by atoms with E-state index < -0.39 is 17.7 Å². The molecule has 0 radical (unpaired) electrons. The number of amides is 1. The van der Waals surface area contributed by atoms with Crippen molar-refractivity contribution in [1.82, 2.24) is 5.32 Å². The van der Waals surface area contributed by atoms with Crippen LogP contribution in [0.1, 0.15) is 32.8 Å². The third-order valence-corrected chi connectivity index (χ3v) is 3.14. The van der Waals surface area contributed by atoms with Crippen LogP contribution < -0.4 is 5.32 Å². The van der Waals surface area contributed by atoms with Gasteiger partial charge in [0.25, 0.3) is 0 Å². The molecule has 0 spiro atoms. The van der Waals surface area contributed by atoms with E-state index in [1.807, 2.05) is 30.3 Å². The van der Waals surface area contributed by atoms with E-state index in [2.05, 4.69) is 5.32 Å². The highest BCUT2D eigenvalue weighted by molar-refractivity contribution is 6.28. The van der Waals surface area contributed by atoms with Crippen LogP contribution in [-0.2, 0) is 20.9 Å². The highest BCUT2D eigenvalue weighted by atomic mass is 35.5. The standard InChI is InChI=1S/C17H24ClNO4/c1-17(2,3)23-16(21)19-14(15(20)11-18)9-10-22-12-13-7-5-4-6-8-13/h4-8,14H,9-12H2,1-3H3,(H,19,21)/t14-/m0/s1. The van der Waals surface area contributed by atoms with Crippen LogP contribution in [0.15, 0.2) is 30.3 Å². The van der Waals surface area contributed by atoms with Crippen LogP contribution in [0.25, 0.3) is 0 Å². The molecule has 23 heavy (non-hydrogen) atoms. The number of carbonyl (C=O) groups excluding carboxylic acids is 2. The van der Waals surface area contributed by atoms with Gasteiger partial charge in [-0.05, 0) is 32.8 Å². The number of carbonyl (C=O) groups is 2. The number of ketones is 1. The molecule has 0 aliphatic rings. The first-order valence-corrected chi connectivity index (χ1v) is 8.05. The fourth-order valence-corrected chi connectivity index (χ4v) is 2.01. The monoisotopic (exact) mass is 341 g/mol. The van der Waals surface area contributed by atoms with Crippen molar-refractivity contribution in [3.8, 4) is 0 Å². The van der Waals surface area contributed by atoms with Gasteiger partial charge in [-0.3, -0.25) is 4.79 Å². The first-order valence-electron chi connectivity index (χ1n) is 7.51. The number of hydrogen-bond donors (Lipinski definition) is 1. The Morgan fingerprint density at radius 1 is 1.22 bits per heavy atom. The lowest BCUT2D eigenvalue weighted by molar-refractivity contribution is -0.119.